The molecule has 11 nitrogen and oxygen atoms in total. The van der Waals surface area contributed by atoms with Crippen molar-refractivity contribution in [1.82, 2.24) is 0 Å². The Balaban J connectivity index is 1.84. The topological polar surface area (TPSA) is 192 Å². The normalized spacial score (nSPS) is 25.7. The van der Waals surface area contributed by atoms with E-state index in [1.54, 1.807) is 0 Å². The minimum absolute atomic E-state index is 0.0465. The molecule has 0 radical (unpaired) electrons. The number of ether oxygens (including phenoxy) is 2. The lowest BCUT2D eigenvalue weighted by Gasteiger charge is -2.39. The number of rotatable bonds is 4. The maximum atomic E-state index is 10.3. The van der Waals surface area contributed by atoms with E-state index in [0.717, 1.165) is 6.07 Å². The highest BCUT2D eigenvalue weighted by Crippen LogP contribution is 2.42. The van der Waals surface area contributed by atoms with Gasteiger partial charge >= 0.3 is 11.3 Å². The molecule has 4 rings (SSSR count). The SMILES string of the molecule is OC[C@@H]1O[C@@H](Oc2cc3c(O)cc(O)cc3[o+]c2-c2ccc(O)c(O)c2)[C@@H](O)[C@@H](O)[C@H]1O. The number of aliphatic hydroxyl groups excluding tert-OH is 4. The summed E-state index contributed by atoms with van der Waals surface area (Å²) in [5, 5.41) is 79.2. The number of phenolic OH excluding ortho intramolecular Hbond substituents is 4. The molecule has 0 aliphatic carbocycles. The van der Waals surface area contributed by atoms with Gasteiger partial charge in [0.1, 0.15) is 41.3 Å². The van der Waals surface area contributed by atoms with Gasteiger partial charge in [-0.3, -0.25) is 0 Å². The Labute approximate surface area is 180 Å². The number of aliphatic hydroxyl groups is 4. The van der Waals surface area contributed by atoms with Crippen LogP contribution in [-0.2, 0) is 4.74 Å². The molecule has 0 spiro atoms. The van der Waals surface area contributed by atoms with Gasteiger partial charge in [0.05, 0.1) is 18.2 Å². The highest BCUT2D eigenvalue weighted by molar-refractivity contribution is 5.88. The molecule has 32 heavy (non-hydrogen) atoms. The van der Waals surface area contributed by atoms with Crippen LogP contribution < -0.4 is 4.74 Å². The zero-order chi connectivity index (χ0) is 23.2. The summed E-state index contributed by atoms with van der Waals surface area (Å²) >= 11 is 0. The Bertz CT molecular complexity index is 1150. The average Bonchev–Trinajstić information content (AvgIpc) is 2.76. The molecule has 1 fully saturated rings. The van der Waals surface area contributed by atoms with E-state index in [1.807, 2.05) is 0 Å². The lowest BCUT2D eigenvalue weighted by Crippen LogP contribution is -2.60. The average molecular weight is 449 g/mol. The van der Waals surface area contributed by atoms with Crippen molar-refractivity contribution in [3.05, 3.63) is 36.4 Å². The molecule has 3 aromatic rings. The number of hydrogen-bond donors (Lipinski definition) is 8. The van der Waals surface area contributed by atoms with Crippen molar-refractivity contribution in [2.45, 2.75) is 30.7 Å². The van der Waals surface area contributed by atoms with E-state index >= 15 is 0 Å². The van der Waals surface area contributed by atoms with Gasteiger partial charge < -0.3 is 50.3 Å². The molecule has 8 N–H and O–H groups in total. The number of aromatic hydroxyl groups is 4. The molecular weight excluding hydrogens is 428 g/mol. The van der Waals surface area contributed by atoms with E-state index in [1.165, 1.54) is 30.3 Å². The van der Waals surface area contributed by atoms with Gasteiger partial charge in [0.15, 0.2) is 11.5 Å². The van der Waals surface area contributed by atoms with Crippen molar-refractivity contribution in [3.63, 3.8) is 0 Å². The standard InChI is InChI=1S/C21H20O11/c22-7-16-17(27)18(28)19(29)21(32-16)31-15-6-10-12(25)4-9(23)5-14(10)30-20(15)8-1-2-11(24)13(26)3-8/h1-6,16-19,21-22,27-29H,7H2,(H3-,23,24,25,26)/p+1/t16-,17-,18-,19-,21+/m0/s1. The Kier molecular flexibility index (Phi) is 5.67. The first kappa shape index (κ1) is 21.9. The first-order valence-electron chi connectivity index (χ1n) is 9.52. The van der Waals surface area contributed by atoms with Crippen LogP contribution in [0.25, 0.3) is 22.3 Å². The summed E-state index contributed by atoms with van der Waals surface area (Å²) in [6.45, 7) is -0.661. The monoisotopic (exact) mass is 449 g/mol. The summed E-state index contributed by atoms with van der Waals surface area (Å²) in [6.07, 6.45) is -7.76. The van der Waals surface area contributed by atoms with Crippen LogP contribution >= 0.6 is 0 Å². The van der Waals surface area contributed by atoms with E-state index in [-0.39, 0.29) is 45.3 Å². The van der Waals surface area contributed by atoms with Crippen molar-refractivity contribution in [2.24, 2.45) is 0 Å². The van der Waals surface area contributed by atoms with Crippen molar-refractivity contribution in [1.29, 1.82) is 0 Å². The van der Waals surface area contributed by atoms with Crippen LogP contribution in [-0.4, -0.2) is 78.2 Å². The van der Waals surface area contributed by atoms with Gasteiger partial charge in [-0.2, -0.15) is 0 Å². The lowest BCUT2D eigenvalue weighted by atomic mass is 9.99. The van der Waals surface area contributed by atoms with Crippen LogP contribution in [0.3, 0.4) is 0 Å². The second kappa shape index (κ2) is 8.30. The molecule has 2 aromatic carbocycles. The fourth-order valence-corrected chi connectivity index (χ4v) is 3.43. The first-order chi connectivity index (χ1) is 15.2. The summed E-state index contributed by atoms with van der Waals surface area (Å²) in [5.41, 5.74) is 0.260. The van der Waals surface area contributed by atoms with E-state index in [9.17, 15) is 40.9 Å². The van der Waals surface area contributed by atoms with Gasteiger partial charge in [-0.25, -0.2) is 4.42 Å². The third kappa shape index (κ3) is 3.83. The van der Waals surface area contributed by atoms with Crippen LogP contribution in [0.2, 0.25) is 0 Å². The number of phenols is 4. The summed E-state index contributed by atoms with van der Waals surface area (Å²) in [5.74, 6) is -1.64. The molecule has 0 unspecified atom stereocenters. The zero-order valence-electron chi connectivity index (χ0n) is 16.4. The molecular formula is C21H21O11+. The van der Waals surface area contributed by atoms with Gasteiger partial charge in [-0.1, -0.05) is 0 Å². The van der Waals surface area contributed by atoms with Crippen molar-refractivity contribution < 1.29 is 54.7 Å². The molecule has 1 aromatic heterocycles. The maximum absolute atomic E-state index is 10.3. The number of benzene rings is 2. The van der Waals surface area contributed by atoms with Crippen molar-refractivity contribution >= 4 is 11.0 Å². The molecule has 5 atom stereocenters. The van der Waals surface area contributed by atoms with Crippen LogP contribution in [0, 0.1) is 0 Å². The van der Waals surface area contributed by atoms with Gasteiger partial charge in [-0.15, -0.1) is 0 Å². The Hall–Kier alpha value is -3.35. The lowest BCUT2D eigenvalue weighted by molar-refractivity contribution is -0.277. The number of hydrogen-bond acceptors (Lipinski definition) is 10. The fraction of sp³-hybridized carbons (Fsp3) is 0.286. The molecule has 11 heteroatoms. The predicted octanol–water partition coefficient (Wildman–Crippen LogP) is 0.382. The first-order valence-corrected chi connectivity index (χ1v) is 9.52. The maximum Gasteiger partial charge on any atom is 0.402 e. The molecule has 0 saturated carbocycles. The fourth-order valence-electron chi connectivity index (χ4n) is 3.43. The summed E-state index contributed by atoms with van der Waals surface area (Å²) in [7, 11) is 0. The number of fused-ring (bicyclic) bond motifs is 1. The summed E-state index contributed by atoms with van der Waals surface area (Å²) in [4.78, 5) is 0. The molecule has 170 valence electrons. The molecule has 1 saturated heterocycles. The highest BCUT2D eigenvalue weighted by atomic mass is 16.7. The van der Waals surface area contributed by atoms with Crippen LogP contribution in [0.5, 0.6) is 28.7 Å². The Morgan fingerprint density at radius 3 is 2.28 bits per heavy atom. The molecule has 1 aliphatic heterocycles. The second-order valence-corrected chi connectivity index (χ2v) is 7.34. The van der Waals surface area contributed by atoms with E-state index in [4.69, 9.17) is 13.9 Å². The molecule has 0 bridgehead atoms. The zero-order valence-corrected chi connectivity index (χ0v) is 16.4. The van der Waals surface area contributed by atoms with Crippen LogP contribution in [0.15, 0.2) is 40.8 Å². The molecule has 0 amide bonds. The van der Waals surface area contributed by atoms with Crippen LogP contribution in [0.4, 0.5) is 0 Å². The quantitative estimate of drug-likeness (QED) is 0.203. The van der Waals surface area contributed by atoms with E-state index in [0.29, 0.717) is 0 Å². The van der Waals surface area contributed by atoms with Gasteiger partial charge in [0, 0.05) is 18.2 Å². The van der Waals surface area contributed by atoms with Crippen molar-refractivity contribution in [3.8, 4) is 40.1 Å². The third-order valence-corrected chi connectivity index (χ3v) is 5.15. The van der Waals surface area contributed by atoms with Gasteiger partial charge in [-0.05, 0) is 12.1 Å². The predicted molar refractivity (Wildman–Crippen MR) is 107 cm³/mol. The largest absolute Gasteiger partial charge is 0.507 e. The van der Waals surface area contributed by atoms with Gasteiger partial charge in [0.25, 0.3) is 0 Å². The smallest absolute Gasteiger partial charge is 0.402 e. The minimum Gasteiger partial charge on any atom is -0.507 e. The Morgan fingerprint density at radius 1 is 0.844 bits per heavy atom. The Morgan fingerprint density at radius 2 is 1.59 bits per heavy atom. The summed E-state index contributed by atoms with van der Waals surface area (Å²) in [6, 6.07) is 7.37. The van der Waals surface area contributed by atoms with E-state index < -0.39 is 43.1 Å². The highest BCUT2D eigenvalue weighted by Gasteiger charge is 2.45. The minimum atomic E-state index is -1.71. The van der Waals surface area contributed by atoms with Gasteiger partial charge in [0.2, 0.25) is 12.0 Å². The molecule has 1 aliphatic rings. The van der Waals surface area contributed by atoms with Crippen molar-refractivity contribution in [2.75, 3.05) is 6.61 Å². The van der Waals surface area contributed by atoms with E-state index in [2.05, 4.69) is 0 Å². The van der Waals surface area contributed by atoms with Crippen LogP contribution in [0.1, 0.15) is 0 Å². The molecule has 2 heterocycles. The second-order valence-electron chi connectivity index (χ2n) is 7.34. The third-order valence-electron chi connectivity index (χ3n) is 5.15. The summed E-state index contributed by atoms with van der Waals surface area (Å²) < 4.78 is 16.8.